The molecular weight excluding hydrogens is 223 g/mol. The van der Waals surface area contributed by atoms with Crippen LogP contribution in [0.15, 0.2) is 24.3 Å². The van der Waals surface area contributed by atoms with Crippen LogP contribution >= 0.6 is 0 Å². The number of rotatable bonds is 2. The van der Waals surface area contributed by atoms with Gasteiger partial charge in [0, 0.05) is 5.56 Å². The van der Waals surface area contributed by atoms with E-state index in [2.05, 4.69) is 5.10 Å². The molecule has 0 atom stereocenters. The average Bonchev–Trinajstić information content (AvgIpc) is 2.89. The Balaban J connectivity index is 2.18. The minimum absolute atomic E-state index is 0.335. The van der Waals surface area contributed by atoms with Gasteiger partial charge < -0.3 is 4.74 Å². The Bertz CT molecular complexity index is 592. The number of halogens is 1. The molecule has 2 aromatic rings. The average molecular weight is 232 g/mol. The van der Waals surface area contributed by atoms with Crippen molar-refractivity contribution in [3.63, 3.8) is 0 Å². The molecule has 0 bridgehead atoms. The van der Waals surface area contributed by atoms with E-state index in [1.165, 1.54) is 12.1 Å². The summed E-state index contributed by atoms with van der Waals surface area (Å²) in [6.45, 7) is 0.783. The first-order valence-corrected chi connectivity index (χ1v) is 5.19. The standard InChI is InChI=1S/C12H9FN2O2/c13-8-2-1-3-9(4-8)15-12-7-17-6-10(12)11(5-16)14-15/h1-5H,6-7H2. The Hall–Kier alpha value is -2.01. The quantitative estimate of drug-likeness (QED) is 0.742. The Morgan fingerprint density at radius 2 is 2.29 bits per heavy atom. The molecule has 0 N–H and O–H groups in total. The Labute approximate surface area is 96.6 Å². The molecule has 1 aromatic carbocycles. The molecule has 5 heteroatoms. The van der Waals surface area contributed by atoms with Crippen molar-refractivity contribution in [3.05, 3.63) is 47.0 Å². The SMILES string of the molecule is O=Cc1nn(-c2cccc(F)c2)c2c1COC2. The fraction of sp³-hybridized carbons (Fsp3) is 0.167. The molecule has 1 aliphatic heterocycles. The molecule has 1 aliphatic rings. The minimum atomic E-state index is -0.335. The normalized spacial score (nSPS) is 13.7. The van der Waals surface area contributed by atoms with Crippen LogP contribution in [0.4, 0.5) is 4.39 Å². The van der Waals surface area contributed by atoms with Gasteiger partial charge in [0.25, 0.3) is 0 Å². The van der Waals surface area contributed by atoms with Gasteiger partial charge in [0.05, 0.1) is 24.6 Å². The summed E-state index contributed by atoms with van der Waals surface area (Å²) in [5, 5.41) is 4.16. The monoisotopic (exact) mass is 232 g/mol. The van der Waals surface area contributed by atoms with Crippen molar-refractivity contribution in [1.82, 2.24) is 9.78 Å². The van der Waals surface area contributed by atoms with Gasteiger partial charge in [-0.05, 0) is 18.2 Å². The maximum absolute atomic E-state index is 13.2. The molecule has 2 heterocycles. The third-order valence-electron chi connectivity index (χ3n) is 2.77. The molecule has 0 saturated heterocycles. The van der Waals surface area contributed by atoms with E-state index in [1.807, 2.05) is 0 Å². The predicted octanol–water partition coefficient (Wildman–Crippen LogP) is 1.85. The summed E-state index contributed by atoms with van der Waals surface area (Å²) in [7, 11) is 0. The van der Waals surface area contributed by atoms with E-state index in [4.69, 9.17) is 4.74 Å². The van der Waals surface area contributed by atoms with E-state index in [-0.39, 0.29) is 5.82 Å². The lowest BCUT2D eigenvalue weighted by Crippen LogP contribution is -2.02. The summed E-state index contributed by atoms with van der Waals surface area (Å²) >= 11 is 0. The zero-order valence-corrected chi connectivity index (χ0v) is 8.89. The van der Waals surface area contributed by atoms with Crippen molar-refractivity contribution in [2.75, 3.05) is 0 Å². The van der Waals surface area contributed by atoms with Crippen LogP contribution in [0.3, 0.4) is 0 Å². The molecular formula is C12H9FN2O2. The van der Waals surface area contributed by atoms with Crippen LogP contribution in [0.5, 0.6) is 0 Å². The first kappa shape index (κ1) is 10.2. The van der Waals surface area contributed by atoms with E-state index in [1.54, 1.807) is 16.8 Å². The van der Waals surface area contributed by atoms with E-state index < -0.39 is 0 Å². The molecule has 0 fully saturated rings. The lowest BCUT2D eigenvalue weighted by atomic mass is 10.2. The fourth-order valence-electron chi connectivity index (χ4n) is 1.98. The molecule has 0 unspecified atom stereocenters. The lowest BCUT2D eigenvalue weighted by molar-refractivity contribution is 0.110. The number of benzene rings is 1. The van der Waals surface area contributed by atoms with Gasteiger partial charge in [-0.15, -0.1) is 0 Å². The van der Waals surface area contributed by atoms with Crippen LogP contribution in [-0.4, -0.2) is 16.1 Å². The summed E-state index contributed by atoms with van der Waals surface area (Å²) in [6, 6.07) is 6.09. The van der Waals surface area contributed by atoms with Crippen molar-refractivity contribution in [1.29, 1.82) is 0 Å². The number of aldehydes is 1. The Kier molecular flexibility index (Phi) is 2.26. The lowest BCUT2D eigenvalue weighted by Gasteiger charge is -2.04. The van der Waals surface area contributed by atoms with Crippen molar-refractivity contribution in [2.24, 2.45) is 0 Å². The third kappa shape index (κ3) is 1.55. The van der Waals surface area contributed by atoms with E-state index in [0.717, 1.165) is 11.3 Å². The van der Waals surface area contributed by atoms with E-state index >= 15 is 0 Å². The van der Waals surface area contributed by atoms with Gasteiger partial charge in [-0.3, -0.25) is 4.79 Å². The van der Waals surface area contributed by atoms with Crippen molar-refractivity contribution in [2.45, 2.75) is 13.2 Å². The predicted molar refractivity (Wildman–Crippen MR) is 57.4 cm³/mol. The zero-order valence-electron chi connectivity index (χ0n) is 8.89. The molecule has 17 heavy (non-hydrogen) atoms. The fourth-order valence-corrected chi connectivity index (χ4v) is 1.98. The van der Waals surface area contributed by atoms with Gasteiger partial charge in [0.15, 0.2) is 6.29 Å². The zero-order chi connectivity index (χ0) is 11.8. The molecule has 1 aromatic heterocycles. The maximum atomic E-state index is 13.2. The highest BCUT2D eigenvalue weighted by atomic mass is 19.1. The molecule has 0 aliphatic carbocycles. The van der Waals surface area contributed by atoms with Crippen molar-refractivity contribution < 1.29 is 13.9 Å². The van der Waals surface area contributed by atoms with Crippen LogP contribution in [0.1, 0.15) is 21.7 Å². The number of carbonyl (C=O) groups is 1. The summed E-state index contributed by atoms with van der Waals surface area (Å²) in [6.07, 6.45) is 0.698. The number of ether oxygens (including phenoxy) is 1. The summed E-state index contributed by atoms with van der Waals surface area (Å²) in [5.74, 6) is -0.335. The maximum Gasteiger partial charge on any atom is 0.170 e. The van der Waals surface area contributed by atoms with Gasteiger partial charge in [-0.1, -0.05) is 6.07 Å². The van der Waals surface area contributed by atoms with Crippen LogP contribution < -0.4 is 0 Å². The number of carbonyl (C=O) groups excluding carboxylic acids is 1. The molecule has 3 rings (SSSR count). The first-order valence-electron chi connectivity index (χ1n) is 5.19. The van der Waals surface area contributed by atoms with Crippen LogP contribution in [0.25, 0.3) is 5.69 Å². The molecule has 0 saturated carbocycles. The van der Waals surface area contributed by atoms with Gasteiger partial charge in [-0.2, -0.15) is 5.10 Å². The molecule has 0 radical (unpaired) electrons. The highest BCUT2D eigenvalue weighted by Crippen LogP contribution is 2.25. The Morgan fingerprint density at radius 1 is 1.41 bits per heavy atom. The summed E-state index contributed by atoms with van der Waals surface area (Å²) in [4.78, 5) is 10.9. The van der Waals surface area contributed by atoms with Crippen LogP contribution in [0.2, 0.25) is 0 Å². The van der Waals surface area contributed by atoms with Gasteiger partial charge in [0.2, 0.25) is 0 Å². The summed E-state index contributed by atoms with van der Waals surface area (Å²) in [5.41, 5.74) is 2.57. The number of hydrogen-bond acceptors (Lipinski definition) is 3. The highest BCUT2D eigenvalue weighted by molar-refractivity contribution is 5.75. The van der Waals surface area contributed by atoms with Crippen molar-refractivity contribution >= 4 is 6.29 Å². The van der Waals surface area contributed by atoms with Crippen LogP contribution in [-0.2, 0) is 18.0 Å². The number of hydrogen-bond donors (Lipinski definition) is 0. The second-order valence-electron chi connectivity index (χ2n) is 3.81. The topological polar surface area (TPSA) is 44.1 Å². The second kappa shape index (κ2) is 3.78. The number of fused-ring (bicyclic) bond motifs is 1. The van der Waals surface area contributed by atoms with Crippen LogP contribution in [0, 0.1) is 5.82 Å². The highest BCUT2D eigenvalue weighted by Gasteiger charge is 2.23. The van der Waals surface area contributed by atoms with Gasteiger partial charge in [0.1, 0.15) is 11.5 Å². The van der Waals surface area contributed by atoms with Gasteiger partial charge >= 0.3 is 0 Å². The molecule has 0 spiro atoms. The van der Waals surface area contributed by atoms with Crippen molar-refractivity contribution in [3.8, 4) is 5.69 Å². The number of aromatic nitrogens is 2. The Morgan fingerprint density at radius 3 is 3.06 bits per heavy atom. The van der Waals surface area contributed by atoms with E-state index in [9.17, 15) is 9.18 Å². The molecule has 86 valence electrons. The molecule has 0 amide bonds. The summed E-state index contributed by atoms with van der Waals surface area (Å²) < 4.78 is 20.0. The van der Waals surface area contributed by atoms with E-state index in [0.29, 0.717) is 30.9 Å². The first-order chi connectivity index (χ1) is 8.29. The largest absolute Gasteiger partial charge is 0.370 e. The number of nitrogens with zero attached hydrogens (tertiary/aromatic N) is 2. The molecule has 4 nitrogen and oxygen atoms in total. The minimum Gasteiger partial charge on any atom is -0.370 e. The van der Waals surface area contributed by atoms with Gasteiger partial charge in [-0.25, -0.2) is 9.07 Å². The second-order valence-corrected chi connectivity index (χ2v) is 3.81. The smallest absolute Gasteiger partial charge is 0.170 e. The third-order valence-corrected chi connectivity index (χ3v) is 2.77.